The van der Waals surface area contributed by atoms with E-state index in [2.05, 4.69) is 0 Å². The molecular formula is C13H23NO4. The molecule has 0 unspecified atom stereocenters. The van der Waals surface area contributed by atoms with Crippen LogP contribution in [0.4, 0.5) is 4.79 Å². The molecule has 0 aromatic heterocycles. The van der Waals surface area contributed by atoms with Gasteiger partial charge in [0.2, 0.25) is 0 Å². The Morgan fingerprint density at radius 3 is 1.89 bits per heavy atom. The molecule has 4 atom stereocenters. The fourth-order valence-electron chi connectivity index (χ4n) is 2.93. The summed E-state index contributed by atoms with van der Waals surface area (Å²) in [4.78, 5) is 13.8. The van der Waals surface area contributed by atoms with Crippen LogP contribution < -0.4 is 0 Å². The Hall–Kier alpha value is -0.810. The van der Waals surface area contributed by atoms with Crippen LogP contribution in [-0.4, -0.2) is 51.1 Å². The van der Waals surface area contributed by atoms with Gasteiger partial charge in [0.15, 0.2) is 0 Å². The smallest absolute Gasteiger partial charge is 0.410 e. The number of piperidine rings is 2. The maximum absolute atomic E-state index is 12.2. The first-order valence-electron chi connectivity index (χ1n) is 6.67. The first-order chi connectivity index (χ1) is 8.29. The highest BCUT2D eigenvalue weighted by atomic mass is 16.6. The summed E-state index contributed by atoms with van der Waals surface area (Å²) in [6, 6.07) is -0.413. The molecule has 5 heteroatoms. The van der Waals surface area contributed by atoms with E-state index in [4.69, 9.17) is 4.74 Å². The number of carbonyl (C=O) groups excluding carboxylic acids is 1. The second kappa shape index (κ2) is 4.70. The SMILES string of the molecule is CC(C)(C)OC(=O)N1[C@H]2CC[C@H](O)[C@@H]1CC[C@@H]2O. The third-order valence-corrected chi connectivity index (χ3v) is 3.72. The van der Waals surface area contributed by atoms with E-state index in [1.54, 1.807) is 4.90 Å². The van der Waals surface area contributed by atoms with Crippen LogP contribution in [0.1, 0.15) is 46.5 Å². The van der Waals surface area contributed by atoms with Crippen LogP contribution >= 0.6 is 0 Å². The monoisotopic (exact) mass is 257 g/mol. The second-order valence-electron chi connectivity index (χ2n) is 6.31. The third-order valence-electron chi connectivity index (χ3n) is 3.72. The standard InChI is InChI=1S/C13H23NO4/c1-13(2,3)18-12(17)14-8-4-6-10(15)9(14)5-7-11(8)16/h8-11,15-16H,4-7H2,1-3H3/t8-,9-,10-,11-/m0/s1. The van der Waals surface area contributed by atoms with E-state index in [9.17, 15) is 15.0 Å². The van der Waals surface area contributed by atoms with Crippen LogP contribution in [0.5, 0.6) is 0 Å². The average Bonchev–Trinajstić information content (AvgIpc) is 2.23. The van der Waals surface area contributed by atoms with Crippen LogP contribution in [0, 0.1) is 0 Å². The number of amides is 1. The number of hydrogen-bond donors (Lipinski definition) is 2. The van der Waals surface area contributed by atoms with Crippen molar-refractivity contribution in [2.24, 2.45) is 0 Å². The molecule has 2 aliphatic rings. The maximum atomic E-state index is 12.2. The Morgan fingerprint density at radius 1 is 1.06 bits per heavy atom. The molecule has 0 spiro atoms. The summed E-state index contributed by atoms with van der Waals surface area (Å²) in [6.45, 7) is 5.45. The molecule has 0 saturated carbocycles. The van der Waals surface area contributed by atoms with Gasteiger partial charge in [-0.15, -0.1) is 0 Å². The molecule has 0 radical (unpaired) electrons. The first kappa shape index (κ1) is 13.6. The lowest BCUT2D eigenvalue weighted by molar-refractivity contribution is -0.0981. The Morgan fingerprint density at radius 2 is 1.50 bits per heavy atom. The highest BCUT2D eigenvalue weighted by Gasteiger charge is 2.47. The second-order valence-corrected chi connectivity index (χ2v) is 6.31. The van der Waals surface area contributed by atoms with Gasteiger partial charge in [-0.1, -0.05) is 0 Å². The van der Waals surface area contributed by atoms with Crippen molar-refractivity contribution in [2.75, 3.05) is 0 Å². The Bertz CT molecular complexity index is 307. The van der Waals surface area contributed by atoms with Gasteiger partial charge in [-0.05, 0) is 46.5 Å². The molecular weight excluding hydrogens is 234 g/mol. The number of aliphatic hydroxyl groups excluding tert-OH is 2. The van der Waals surface area contributed by atoms with Gasteiger partial charge in [0, 0.05) is 0 Å². The fraction of sp³-hybridized carbons (Fsp3) is 0.923. The average molecular weight is 257 g/mol. The van der Waals surface area contributed by atoms with Gasteiger partial charge in [0.25, 0.3) is 0 Å². The summed E-state index contributed by atoms with van der Waals surface area (Å²) >= 11 is 0. The summed E-state index contributed by atoms with van der Waals surface area (Å²) in [5, 5.41) is 20.0. The lowest BCUT2D eigenvalue weighted by Crippen LogP contribution is -2.63. The van der Waals surface area contributed by atoms with E-state index >= 15 is 0 Å². The molecule has 0 aliphatic carbocycles. The van der Waals surface area contributed by atoms with Crippen molar-refractivity contribution in [2.45, 2.75) is 76.3 Å². The molecule has 2 fully saturated rings. The summed E-state index contributed by atoms with van der Waals surface area (Å²) in [6.07, 6.45) is 1.14. The van der Waals surface area contributed by atoms with Crippen LogP contribution in [0.3, 0.4) is 0 Å². The van der Waals surface area contributed by atoms with Gasteiger partial charge in [0.05, 0.1) is 24.3 Å². The summed E-state index contributed by atoms with van der Waals surface area (Å²) < 4.78 is 5.38. The number of rotatable bonds is 0. The molecule has 5 nitrogen and oxygen atoms in total. The summed E-state index contributed by atoms with van der Waals surface area (Å²) in [5.74, 6) is 0. The van der Waals surface area contributed by atoms with E-state index in [1.165, 1.54) is 0 Å². The van der Waals surface area contributed by atoms with Gasteiger partial charge < -0.3 is 14.9 Å². The Kier molecular flexibility index (Phi) is 3.56. The molecule has 2 aliphatic heterocycles. The minimum absolute atomic E-state index is 0.206. The molecule has 1 amide bonds. The fourth-order valence-corrected chi connectivity index (χ4v) is 2.93. The molecule has 0 aromatic rings. The van der Waals surface area contributed by atoms with Crippen molar-refractivity contribution < 1.29 is 19.7 Å². The van der Waals surface area contributed by atoms with Gasteiger partial charge in [0.1, 0.15) is 5.60 Å². The van der Waals surface area contributed by atoms with Gasteiger partial charge >= 0.3 is 6.09 Å². The number of nitrogens with zero attached hydrogens (tertiary/aromatic N) is 1. The quantitative estimate of drug-likeness (QED) is 0.685. The molecule has 0 aromatic carbocycles. The van der Waals surface area contributed by atoms with Crippen molar-refractivity contribution >= 4 is 6.09 Å². The maximum Gasteiger partial charge on any atom is 0.410 e. The zero-order chi connectivity index (χ0) is 13.5. The van der Waals surface area contributed by atoms with E-state index in [0.29, 0.717) is 25.7 Å². The number of fused-ring (bicyclic) bond motifs is 2. The van der Waals surface area contributed by atoms with Gasteiger partial charge in [-0.25, -0.2) is 4.79 Å². The van der Waals surface area contributed by atoms with Gasteiger partial charge in [-0.3, -0.25) is 4.90 Å². The van der Waals surface area contributed by atoms with Gasteiger partial charge in [-0.2, -0.15) is 0 Å². The predicted octanol–water partition coefficient (Wildman–Crippen LogP) is 1.27. The van der Waals surface area contributed by atoms with Crippen molar-refractivity contribution in [3.05, 3.63) is 0 Å². The normalized spacial score (nSPS) is 36.4. The lowest BCUT2D eigenvalue weighted by Gasteiger charge is -2.50. The zero-order valence-electron chi connectivity index (χ0n) is 11.3. The number of hydrogen-bond acceptors (Lipinski definition) is 4. The Balaban J connectivity index is 2.16. The van der Waals surface area contributed by atoms with Crippen molar-refractivity contribution in [1.29, 1.82) is 0 Å². The molecule has 2 rings (SSSR count). The molecule has 2 heterocycles. The summed E-state index contributed by atoms with van der Waals surface area (Å²) in [7, 11) is 0. The highest BCUT2D eigenvalue weighted by Crippen LogP contribution is 2.35. The summed E-state index contributed by atoms with van der Waals surface area (Å²) in [5.41, 5.74) is -0.557. The minimum atomic E-state index is -0.557. The molecule has 2 N–H and O–H groups in total. The van der Waals surface area contributed by atoms with E-state index in [0.717, 1.165) is 0 Å². The van der Waals surface area contributed by atoms with Crippen molar-refractivity contribution in [1.82, 2.24) is 4.90 Å². The van der Waals surface area contributed by atoms with Crippen LogP contribution in [-0.2, 0) is 4.74 Å². The first-order valence-corrected chi connectivity index (χ1v) is 6.67. The third kappa shape index (κ3) is 2.62. The van der Waals surface area contributed by atoms with Crippen molar-refractivity contribution in [3.63, 3.8) is 0 Å². The molecule has 18 heavy (non-hydrogen) atoms. The Labute approximate surface area is 108 Å². The van der Waals surface area contributed by atoms with Crippen molar-refractivity contribution in [3.8, 4) is 0 Å². The predicted molar refractivity (Wildman–Crippen MR) is 66.1 cm³/mol. The van der Waals surface area contributed by atoms with E-state index < -0.39 is 23.9 Å². The van der Waals surface area contributed by atoms with Crippen LogP contribution in [0.2, 0.25) is 0 Å². The van der Waals surface area contributed by atoms with E-state index in [1.807, 2.05) is 20.8 Å². The molecule has 2 bridgehead atoms. The molecule has 104 valence electrons. The van der Waals surface area contributed by atoms with Crippen LogP contribution in [0.25, 0.3) is 0 Å². The highest BCUT2D eigenvalue weighted by molar-refractivity contribution is 5.69. The number of ether oxygens (including phenoxy) is 1. The largest absolute Gasteiger partial charge is 0.444 e. The van der Waals surface area contributed by atoms with Crippen LogP contribution in [0.15, 0.2) is 0 Å². The zero-order valence-corrected chi connectivity index (χ0v) is 11.3. The molecule has 2 saturated heterocycles. The van der Waals surface area contributed by atoms with E-state index in [-0.39, 0.29) is 12.1 Å². The number of carbonyl (C=O) groups is 1. The minimum Gasteiger partial charge on any atom is -0.444 e. The topological polar surface area (TPSA) is 70.0 Å². The lowest BCUT2D eigenvalue weighted by atomic mass is 9.81. The number of aliphatic hydroxyl groups is 2.